The summed E-state index contributed by atoms with van der Waals surface area (Å²) in [6.07, 6.45) is 0. The van der Waals surface area contributed by atoms with Crippen molar-refractivity contribution in [3.8, 4) is 11.5 Å². The summed E-state index contributed by atoms with van der Waals surface area (Å²) in [7, 11) is 0. The summed E-state index contributed by atoms with van der Waals surface area (Å²) >= 11 is 0. The predicted octanol–water partition coefficient (Wildman–Crippen LogP) is 4.25. The molecular formula is C15H14N4O6. The third-order valence-electron chi connectivity index (χ3n) is 3.70. The van der Waals surface area contributed by atoms with Crippen molar-refractivity contribution in [1.82, 2.24) is 0 Å². The first kappa shape index (κ1) is 17.8. The highest BCUT2D eigenvalue weighted by Gasteiger charge is 2.27. The van der Waals surface area contributed by atoms with Crippen molar-refractivity contribution in [3.63, 3.8) is 0 Å². The normalized spacial score (nSPS) is 11.0. The molecule has 0 spiro atoms. The van der Waals surface area contributed by atoms with Crippen LogP contribution in [0.25, 0.3) is 0 Å². The van der Waals surface area contributed by atoms with Crippen molar-refractivity contribution in [2.24, 2.45) is 10.2 Å². The Morgan fingerprint density at radius 1 is 0.880 bits per heavy atom. The molecule has 130 valence electrons. The fraction of sp³-hybridized carbons (Fsp3) is 0.200. The first-order valence-electron chi connectivity index (χ1n) is 7.00. The van der Waals surface area contributed by atoms with Crippen molar-refractivity contribution < 1.29 is 20.1 Å². The number of nitro groups is 2. The Balaban J connectivity index is 2.59. The lowest BCUT2D eigenvalue weighted by Crippen LogP contribution is -1.96. The summed E-state index contributed by atoms with van der Waals surface area (Å²) in [5, 5.41) is 49.3. The van der Waals surface area contributed by atoms with Gasteiger partial charge in [-0.05, 0) is 37.5 Å². The van der Waals surface area contributed by atoms with Crippen LogP contribution in [0.1, 0.15) is 16.7 Å². The number of nitrogens with zero attached hydrogens (tertiary/aromatic N) is 4. The molecule has 10 nitrogen and oxygen atoms in total. The first-order valence-corrected chi connectivity index (χ1v) is 7.00. The van der Waals surface area contributed by atoms with Gasteiger partial charge in [-0.2, -0.15) is 0 Å². The number of phenolic OH excluding ortho intramolecular Hbond substituents is 2. The minimum absolute atomic E-state index is 0.109. The average Bonchev–Trinajstić information content (AvgIpc) is 2.53. The van der Waals surface area contributed by atoms with Crippen LogP contribution in [0.3, 0.4) is 0 Å². The highest BCUT2D eigenvalue weighted by atomic mass is 16.6. The molecule has 0 aliphatic carbocycles. The third-order valence-corrected chi connectivity index (χ3v) is 3.70. The Hall–Kier alpha value is -3.56. The summed E-state index contributed by atoms with van der Waals surface area (Å²) < 4.78 is 0. The van der Waals surface area contributed by atoms with E-state index < -0.39 is 27.0 Å². The number of phenols is 2. The van der Waals surface area contributed by atoms with Gasteiger partial charge in [0.05, 0.1) is 22.0 Å². The number of benzene rings is 2. The number of hydrogen-bond donors (Lipinski definition) is 2. The van der Waals surface area contributed by atoms with Crippen LogP contribution in [-0.4, -0.2) is 20.1 Å². The van der Waals surface area contributed by atoms with Gasteiger partial charge in [-0.15, -0.1) is 10.2 Å². The highest BCUT2D eigenvalue weighted by molar-refractivity contribution is 5.67. The zero-order valence-electron chi connectivity index (χ0n) is 13.5. The maximum atomic E-state index is 11.0. The van der Waals surface area contributed by atoms with E-state index in [1.165, 1.54) is 0 Å². The van der Waals surface area contributed by atoms with Gasteiger partial charge in [-0.25, -0.2) is 0 Å². The topological polar surface area (TPSA) is 151 Å². The maximum absolute atomic E-state index is 11.0. The van der Waals surface area contributed by atoms with Gasteiger partial charge >= 0.3 is 11.4 Å². The zero-order valence-corrected chi connectivity index (χ0v) is 13.5. The second-order valence-electron chi connectivity index (χ2n) is 5.38. The van der Waals surface area contributed by atoms with Crippen LogP contribution in [0.5, 0.6) is 11.5 Å². The number of aryl methyl sites for hydroxylation is 2. The molecule has 2 aromatic carbocycles. The Morgan fingerprint density at radius 3 is 2.00 bits per heavy atom. The van der Waals surface area contributed by atoms with E-state index in [1.54, 1.807) is 19.9 Å². The van der Waals surface area contributed by atoms with E-state index in [0.29, 0.717) is 17.2 Å². The number of nitro benzene ring substituents is 2. The van der Waals surface area contributed by atoms with E-state index in [4.69, 9.17) is 0 Å². The lowest BCUT2D eigenvalue weighted by molar-refractivity contribution is -0.422. The molecule has 2 aromatic rings. The second-order valence-corrected chi connectivity index (χ2v) is 5.38. The number of aromatic hydroxyl groups is 2. The van der Waals surface area contributed by atoms with Gasteiger partial charge in [0, 0.05) is 0 Å². The van der Waals surface area contributed by atoms with Gasteiger partial charge in [0.1, 0.15) is 22.9 Å². The van der Waals surface area contributed by atoms with E-state index in [9.17, 15) is 30.4 Å². The predicted molar refractivity (Wildman–Crippen MR) is 87.9 cm³/mol. The fourth-order valence-electron chi connectivity index (χ4n) is 2.21. The standard InChI is InChI=1S/C15H14N4O6/c1-7-4-8(2)15(21)14(9(7)3)17-16-10-5-11(18(22)23)12(19(24)25)6-13(10)20/h4-6,20-21H,1-3H3. The van der Waals surface area contributed by atoms with Gasteiger partial charge in [0.25, 0.3) is 0 Å². The lowest BCUT2D eigenvalue weighted by atomic mass is 10.0. The minimum Gasteiger partial charge on any atom is -0.505 e. The summed E-state index contributed by atoms with van der Waals surface area (Å²) in [6.45, 7) is 5.20. The van der Waals surface area contributed by atoms with Crippen LogP contribution < -0.4 is 0 Å². The Morgan fingerprint density at radius 2 is 1.44 bits per heavy atom. The Kier molecular flexibility index (Phi) is 4.63. The quantitative estimate of drug-likeness (QED) is 0.479. The van der Waals surface area contributed by atoms with Gasteiger partial charge in [-0.1, -0.05) is 6.07 Å². The largest absolute Gasteiger partial charge is 0.505 e. The molecular weight excluding hydrogens is 332 g/mol. The summed E-state index contributed by atoms with van der Waals surface area (Å²) in [4.78, 5) is 19.9. The molecule has 0 atom stereocenters. The van der Waals surface area contributed by atoms with Crippen molar-refractivity contribution in [3.05, 3.63) is 55.1 Å². The van der Waals surface area contributed by atoms with Crippen molar-refractivity contribution in [2.75, 3.05) is 0 Å². The van der Waals surface area contributed by atoms with E-state index in [0.717, 1.165) is 11.6 Å². The van der Waals surface area contributed by atoms with Crippen LogP contribution in [0.2, 0.25) is 0 Å². The van der Waals surface area contributed by atoms with Gasteiger partial charge in [0.2, 0.25) is 0 Å². The zero-order chi connectivity index (χ0) is 18.9. The molecule has 0 amide bonds. The molecule has 0 fully saturated rings. The summed E-state index contributed by atoms with van der Waals surface area (Å²) in [5.74, 6) is -0.745. The average molecular weight is 346 g/mol. The monoisotopic (exact) mass is 346 g/mol. The molecule has 0 unspecified atom stereocenters. The Bertz CT molecular complexity index is 897. The van der Waals surface area contributed by atoms with Crippen LogP contribution in [-0.2, 0) is 0 Å². The molecule has 2 N–H and O–H groups in total. The first-order chi connectivity index (χ1) is 11.6. The van der Waals surface area contributed by atoms with Gasteiger partial charge in [-0.3, -0.25) is 20.2 Å². The van der Waals surface area contributed by atoms with Crippen molar-refractivity contribution >= 4 is 22.7 Å². The molecule has 0 radical (unpaired) electrons. The van der Waals surface area contributed by atoms with Crippen LogP contribution in [0, 0.1) is 41.0 Å². The molecule has 0 aromatic heterocycles. The van der Waals surface area contributed by atoms with E-state index in [-0.39, 0.29) is 17.1 Å². The Labute approximate surface area is 141 Å². The second kappa shape index (κ2) is 6.51. The smallest absolute Gasteiger partial charge is 0.349 e. The van der Waals surface area contributed by atoms with E-state index in [2.05, 4.69) is 10.2 Å². The number of azo groups is 1. The van der Waals surface area contributed by atoms with Gasteiger partial charge in [0.15, 0.2) is 0 Å². The molecule has 0 saturated carbocycles. The van der Waals surface area contributed by atoms with Crippen LogP contribution in [0.15, 0.2) is 28.4 Å². The molecule has 0 saturated heterocycles. The third kappa shape index (κ3) is 3.37. The SMILES string of the molecule is Cc1cc(C)c(O)c(N=Nc2cc([N+](=O)[O-])c([N+](=O)[O-])cc2O)c1C. The van der Waals surface area contributed by atoms with E-state index in [1.807, 2.05) is 6.92 Å². The number of rotatable bonds is 4. The fourth-order valence-corrected chi connectivity index (χ4v) is 2.21. The van der Waals surface area contributed by atoms with Crippen LogP contribution >= 0.6 is 0 Å². The van der Waals surface area contributed by atoms with Crippen molar-refractivity contribution in [2.45, 2.75) is 20.8 Å². The van der Waals surface area contributed by atoms with Crippen molar-refractivity contribution in [1.29, 1.82) is 0 Å². The molecule has 10 heteroatoms. The minimum atomic E-state index is -0.974. The molecule has 0 heterocycles. The summed E-state index contributed by atoms with van der Waals surface area (Å²) in [6, 6.07) is 3.16. The maximum Gasteiger partial charge on any atom is 0.349 e. The number of hydrogen-bond acceptors (Lipinski definition) is 8. The lowest BCUT2D eigenvalue weighted by Gasteiger charge is -2.09. The highest BCUT2D eigenvalue weighted by Crippen LogP contribution is 2.41. The van der Waals surface area contributed by atoms with Crippen LogP contribution in [0.4, 0.5) is 22.7 Å². The molecule has 2 rings (SSSR count). The van der Waals surface area contributed by atoms with Gasteiger partial charge < -0.3 is 10.2 Å². The molecule has 25 heavy (non-hydrogen) atoms. The summed E-state index contributed by atoms with van der Waals surface area (Å²) in [5.41, 5.74) is 0.208. The van der Waals surface area contributed by atoms with E-state index >= 15 is 0 Å². The molecule has 0 bridgehead atoms. The molecule has 0 aliphatic heterocycles. The molecule has 0 aliphatic rings.